The van der Waals surface area contributed by atoms with Crippen molar-refractivity contribution in [2.24, 2.45) is 0 Å². The third-order valence-corrected chi connectivity index (χ3v) is 20.0. The van der Waals surface area contributed by atoms with Gasteiger partial charge in [-0.25, -0.2) is 8.78 Å². The highest BCUT2D eigenvalue weighted by Gasteiger charge is 2.53. The van der Waals surface area contributed by atoms with Gasteiger partial charge in [0.15, 0.2) is 0 Å². The van der Waals surface area contributed by atoms with Crippen LogP contribution in [0.1, 0.15) is 22.3 Å². The molecule has 3 nitrogen and oxygen atoms in total. The molecular weight excluding hydrogens is 965 g/mol. The summed E-state index contributed by atoms with van der Waals surface area (Å²) < 4.78 is 30.2. The van der Waals surface area contributed by atoms with Gasteiger partial charge < -0.3 is 14.7 Å². The van der Waals surface area contributed by atoms with Crippen LogP contribution in [0.2, 0.25) is 39.3 Å². The van der Waals surface area contributed by atoms with Crippen molar-refractivity contribution in [3.8, 4) is 11.1 Å². The van der Waals surface area contributed by atoms with Crippen molar-refractivity contribution in [1.29, 1.82) is 0 Å². The molecule has 76 heavy (non-hydrogen) atoms. The SMILES string of the molecule is C[Si](C)(C)c1ccc(N(c2ccc(F)cc2)c2cc3c(c4ccccc24)-c2c(cc(N(c4ccc(F)cc4)c4ccc([Si](C)(C)C)cc4)c4ccccc24)C32c3ccccc3N(c3ccccc3)c3ccccc32)cc1. The summed E-state index contributed by atoms with van der Waals surface area (Å²) >= 11 is 0. The van der Waals surface area contributed by atoms with Gasteiger partial charge in [0.2, 0.25) is 0 Å². The standard InChI is InChI=1S/C69H57F2N3Si2/c1-75(2,3)53-40-36-51(37-41-53)72(49-32-28-46(70)29-33-49)65-44-61-67(57-22-12-10-20-55(57)65)68-58-23-13-11-21-56(58)66(73(50-34-30-47(71)31-35-50)52-38-42-54(43-39-52)76(4,5)6)45-62(68)69(61)59-24-14-16-26-63(59)74(48-18-8-7-9-19-48)64-27-17-15-25-60(64)69/h7-45H,1-6H3. The van der Waals surface area contributed by atoms with Crippen LogP contribution in [0.4, 0.5) is 60.0 Å². The normalized spacial score (nSPS) is 13.3. The van der Waals surface area contributed by atoms with Crippen molar-refractivity contribution >= 4 is 99.3 Å². The topological polar surface area (TPSA) is 9.72 Å². The molecule has 2 aliphatic rings. The van der Waals surface area contributed by atoms with E-state index in [1.165, 1.54) is 21.5 Å². The molecule has 11 aromatic rings. The molecule has 1 aliphatic carbocycles. The number of para-hydroxylation sites is 3. The summed E-state index contributed by atoms with van der Waals surface area (Å²) in [6, 6.07) is 83.2. The van der Waals surface area contributed by atoms with Crippen molar-refractivity contribution < 1.29 is 8.78 Å². The highest BCUT2D eigenvalue weighted by molar-refractivity contribution is 6.89. The first-order valence-electron chi connectivity index (χ1n) is 26.3. The Kier molecular flexibility index (Phi) is 11.2. The number of fused-ring (bicyclic) bond motifs is 13. The van der Waals surface area contributed by atoms with Gasteiger partial charge in [0.25, 0.3) is 0 Å². The second kappa shape index (κ2) is 17.9. The van der Waals surface area contributed by atoms with Crippen LogP contribution in [-0.4, -0.2) is 16.1 Å². The lowest BCUT2D eigenvalue weighted by Gasteiger charge is -2.45. The Morgan fingerprint density at radius 1 is 0.342 bits per heavy atom. The summed E-state index contributed by atoms with van der Waals surface area (Å²) in [6.07, 6.45) is 0. The van der Waals surface area contributed by atoms with Crippen LogP contribution >= 0.6 is 0 Å². The Bertz CT molecular complexity index is 3790. The predicted octanol–water partition coefficient (Wildman–Crippen LogP) is 18.4. The molecular formula is C69H57F2N3Si2. The highest BCUT2D eigenvalue weighted by atomic mass is 28.3. The van der Waals surface area contributed by atoms with Gasteiger partial charge in [0.05, 0.1) is 44.3 Å². The molecule has 1 spiro atoms. The summed E-state index contributed by atoms with van der Waals surface area (Å²) in [5, 5.41) is 7.13. The fraction of sp³-hybridized carbons (Fsp3) is 0.101. The molecule has 0 radical (unpaired) electrons. The first kappa shape index (κ1) is 47.4. The Morgan fingerprint density at radius 2 is 0.671 bits per heavy atom. The Morgan fingerprint density at radius 3 is 1.05 bits per heavy atom. The van der Waals surface area contributed by atoms with E-state index in [0.717, 1.165) is 95.0 Å². The maximum absolute atomic E-state index is 15.1. The van der Waals surface area contributed by atoms with Crippen LogP contribution in [0.5, 0.6) is 0 Å². The summed E-state index contributed by atoms with van der Waals surface area (Å²) in [5.41, 5.74) is 15.0. The monoisotopic (exact) mass is 1020 g/mol. The lowest BCUT2D eigenvalue weighted by molar-refractivity contribution is 0.627. The van der Waals surface area contributed by atoms with Crippen molar-refractivity contribution in [2.75, 3.05) is 14.7 Å². The Labute approximate surface area is 446 Å². The van der Waals surface area contributed by atoms with E-state index in [2.05, 4.69) is 242 Å². The summed E-state index contributed by atoms with van der Waals surface area (Å²) in [7, 11) is -3.32. The molecule has 370 valence electrons. The van der Waals surface area contributed by atoms with E-state index in [1.807, 2.05) is 24.3 Å². The molecule has 0 amide bonds. The van der Waals surface area contributed by atoms with E-state index in [1.54, 1.807) is 24.3 Å². The van der Waals surface area contributed by atoms with Crippen LogP contribution in [0, 0.1) is 11.6 Å². The van der Waals surface area contributed by atoms with Crippen LogP contribution in [0.3, 0.4) is 0 Å². The molecule has 13 rings (SSSR count). The molecule has 0 aromatic heterocycles. The number of nitrogens with zero attached hydrogens (tertiary/aromatic N) is 3. The fourth-order valence-corrected chi connectivity index (χ4v) is 14.6. The maximum Gasteiger partial charge on any atom is 0.123 e. The minimum Gasteiger partial charge on any atom is -0.310 e. The quantitative estimate of drug-likeness (QED) is 0.133. The second-order valence-corrected chi connectivity index (χ2v) is 32.6. The molecule has 0 bridgehead atoms. The molecule has 7 heteroatoms. The fourth-order valence-electron chi connectivity index (χ4n) is 12.3. The molecule has 0 fully saturated rings. The van der Waals surface area contributed by atoms with Gasteiger partial charge in [0.1, 0.15) is 11.6 Å². The molecule has 1 heterocycles. The first-order chi connectivity index (χ1) is 36.8. The number of anilines is 9. The van der Waals surface area contributed by atoms with Gasteiger partial charge >= 0.3 is 0 Å². The summed E-state index contributed by atoms with van der Waals surface area (Å²) in [5.74, 6) is -0.567. The van der Waals surface area contributed by atoms with Gasteiger partial charge in [-0.1, -0.05) is 177 Å². The third-order valence-electron chi connectivity index (χ3n) is 15.9. The van der Waals surface area contributed by atoms with Gasteiger partial charge in [-0.15, -0.1) is 0 Å². The maximum atomic E-state index is 15.1. The zero-order valence-corrected chi connectivity index (χ0v) is 45.6. The second-order valence-electron chi connectivity index (χ2n) is 22.4. The molecule has 0 saturated carbocycles. The third kappa shape index (κ3) is 7.47. The number of hydrogen-bond acceptors (Lipinski definition) is 3. The lowest BCUT2D eigenvalue weighted by atomic mass is 9.64. The van der Waals surface area contributed by atoms with Crippen LogP contribution in [0.15, 0.2) is 237 Å². The van der Waals surface area contributed by atoms with Gasteiger partial charge in [-0.3, -0.25) is 0 Å². The van der Waals surface area contributed by atoms with E-state index in [-0.39, 0.29) is 11.6 Å². The molecule has 0 saturated heterocycles. The molecule has 1 aliphatic heterocycles. The van der Waals surface area contributed by atoms with E-state index in [0.29, 0.717) is 0 Å². The zero-order chi connectivity index (χ0) is 52.1. The van der Waals surface area contributed by atoms with E-state index in [4.69, 9.17) is 0 Å². The van der Waals surface area contributed by atoms with Gasteiger partial charge in [-0.05, 0) is 153 Å². The van der Waals surface area contributed by atoms with Crippen LogP contribution in [0.25, 0.3) is 32.7 Å². The van der Waals surface area contributed by atoms with Gasteiger partial charge in [0, 0.05) is 39.2 Å². The lowest BCUT2D eigenvalue weighted by Crippen LogP contribution is -2.37. The minimum absolute atomic E-state index is 0.284. The number of hydrogen-bond donors (Lipinski definition) is 0. The number of rotatable bonds is 9. The van der Waals surface area contributed by atoms with E-state index in [9.17, 15) is 0 Å². The van der Waals surface area contributed by atoms with Crippen molar-refractivity contribution in [1.82, 2.24) is 0 Å². The average Bonchev–Trinajstić information content (AvgIpc) is 3.97. The first-order valence-corrected chi connectivity index (χ1v) is 33.3. The Balaban J connectivity index is 1.20. The zero-order valence-electron chi connectivity index (χ0n) is 43.6. The van der Waals surface area contributed by atoms with Crippen molar-refractivity contribution in [2.45, 2.75) is 44.7 Å². The smallest absolute Gasteiger partial charge is 0.123 e. The number of halogens is 2. The van der Waals surface area contributed by atoms with E-state index >= 15 is 8.78 Å². The number of benzene rings is 11. The van der Waals surface area contributed by atoms with Crippen LogP contribution < -0.4 is 25.1 Å². The molecule has 0 N–H and O–H groups in total. The van der Waals surface area contributed by atoms with Gasteiger partial charge in [-0.2, -0.15) is 0 Å². The van der Waals surface area contributed by atoms with Crippen molar-refractivity contribution in [3.05, 3.63) is 270 Å². The van der Waals surface area contributed by atoms with Crippen LogP contribution in [-0.2, 0) is 5.41 Å². The summed E-state index contributed by atoms with van der Waals surface area (Å²) in [4.78, 5) is 7.08. The average molecular weight is 1020 g/mol. The predicted molar refractivity (Wildman–Crippen MR) is 322 cm³/mol. The largest absolute Gasteiger partial charge is 0.310 e. The van der Waals surface area contributed by atoms with Crippen molar-refractivity contribution in [3.63, 3.8) is 0 Å². The summed E-state index contributed by atoms with van der Waals surface area (Å²) in [6.45, 7) is 14.3. The molecule has 0 atom stereocenters. The molecule has 11 aromatic carbocycles. The molecule has 0 unspecified atom stereocenters. The van der Waals surface area contributed by atoms with E-state index < -0.39 is 21.6 Å². The highest BCUT2D eigenvalue weighted by Crippen LogP contribution is 2.67. The Hall–Kier alpha value is -8.37. The minimum atomic E-state index is -1.66.